The lowest BCUT2D eigenvalue weighted by Crippen LogP contribution is -2.64. The third-order valence-electron chi connectivity index (χ3n) is 8.43. The summed E-state index contributed by atoms with van der Waals surface area (Å²) in [6, 6.07) is 11.6. The van der Waals surface area contributed by atoms with Gasteiger partial charge in [-0.15, -0.1) is 11.8 Å². The molecule has 2 aromatic carbocycles. The number of nitro groups is 1. The fourth-order valence-corrected chi connectivity index (χ4v) is 8.23. The van der Waals surface area contributed by atoms with Crippen molar-refractivity contribution in [2.75, 3.05) is 5.75 Å². The molecule has 1 aliphatic heterocycles. The van der Waals surface area contributed by atoms with E-state index in [9.17, 15) is 29.3 Å². The van der Waals surface area contributed by atoms with E-state index in [1.807, 2.05) is 13.8 Å². The van der Waals surface area contributed by atoms with Gasteiger partial charge in [-0.3, -0.25) is 29.4 Å². The van der Waals surface area contributed by atoms with Crippen molar-refractivity contribution in [3.05, 3.63) is 75.0 Å². The number of rotatable bonds is 14. The van der Waals surface area contributed by atoms with Gasteiger partial charge in [0.05, 0.1) is 22.3 Å². The van der Waals surface area contributed by atoms with Gasteiger partial charge in [-0.25, -0.2) is 4.79 Å². The number of likely N-dealkylation sites (tertiary alicyclic amines) is 1. The summed E-state index contributed by atoms with van der Waals surface area (Å²) in [5.41, 5.74) is -0.812. The molecule has 1 aliphatic rings. The lowest BCUT2D eigenvalue weighted by molar-refractivity contribution is -0.384. The number of hydrogen-bond donors (Lipinski definition) is 0. The van der Waals surface area contributed by atoms with E-state index < -0.39 is 53.9 Å². The van der Waals surface area contributed by atoms with Crippen LogP contribution in [0.2, 0.25) is 18.1 Å². The number of carbonyl (C=O) groups excluding carboxylic acids is 4. The van der Waals surface area contributed by atoms with Crippen LogP contribution in [0.15, 0.2) is 59.3 Å². The van der Waals surface area contributed by atoms with Gasteiger partial charge in [0.2, 0.25) is 11.0 Å². The van der Waals surface area contributed by atoms with Gasteiger partial charge in [-0.2, -0.15) is 0 Å². The van der Waals surface area contributed by atoms with Crippen LogP contribution in [0.3, 0.4) is 0 Å². The number of nitro benzene ring substituents is 1. The van der Waals surface area contributed by atoms with Gasteiger partial charge in [-0.1, -0.05) is 54.5 Å². The fourth-order valence-electron chi connectivity index (χ4n) is 4.66. The van der Waals surface area contributed by atoms with Crippen molar-refractivity contribution in [1.29, 1.82) is 0 Å². The van der Waals surface area contributed by atoms with E-state index in [1.165, 1.54) is 53.9 Å². The maximum atomic E-state index is 14.3. The zero-order valence-electron chi connectivity index (χ0n) is 31.1. The summed E-state index contributed by atoms with van der Waals surface area (Å²) in [6.07, 6.45) is -0.482. The van der Waals surface area contributed by atoms with Gasteiger partial charge in [0, 0.05) is 30.5 Å². The lowest BCUT2D eigenvalue weighted by Gasteiger charge is -2.51. The summed E-state index contributed by atoms with van der Waals surface area (Å²) in [5, 5.41) is 9.92. The number of carbonyl (C=O) groups is 4. The van der Waals surface area contributed by atoms with E-state index in [2.05, 4.69) is 33.9 Å². The van der Waals surface area contributed by atoms with Crippen LogP contribution in [-0.4, -0.2) is 58.3 Å². The molecule has 1 amide bonds. The molecule has 0 bridgehead atoms. The molecule has 0 unspecified atom stereocenters. The molecule has 0 N–H and O–H groups in total. The molecular formula is C36H48N2O10S2Si. The monoisotopic (exact) mass is 760 g/mol. The molecule has 0 saturated carbocycles. The summed E-state index contributed by atoms with van der Waals surface area (Å²) < 4.78 is 23.9. The third kappa shape index (κ3) is 10.7. The van der Waals surface area contributed by atoms with Crippen molar-refractivity contribution < 1.29 is 42.7 Å². The number of β-lactam (4-membered cyclic amide) rings is 1. The van der Waals surface area contributed by atoms with Crippen molar-refractivity contribution in [3.8, 4) is 11.5 Å². The normalized spacial score (nSPS) is 17.5. The van der Waals surface area contributed by atoms with Crippen molar-refractivity contribution in [2.24, 2.45) is 11.3 Å². The first-order valence-electron chi connectivity index (χ1n) is 16.5. The van der Waals surface area contributed by atoms with E-state index in [1.54, 1.807) is 39.0 Å². The first kappa shape index (κ1) is 41.8. The molecule has 51 heavy (non-hydrogen) atoms. The first-order valence-corrected chi connectivity index (χ1v) is 21.3. The molecule has 278 valence electrons. The molecule has 3 atom stereocenters. The van der Waals surface area contributed by atoms with E-state index in [4.69, 9.17) is 18.6 Å². The highest BCUT2D eigenvalue weighted by atomic mass is 32.2. The van der Waals surface area contributed by atoms with Gasteiger partial charge >= 0.3 is 11.9 Å². The van der Waals surface area contributed by atoms with Crippen LogP contribution in [-0.2, 0) is 34.9 Å². The Labute approximate surface area is 309 Å². The van der Waals surface area contributed by atoms with Gasteiger partial charge in [0.1, 0.15) is 18.1 Å². The quantitative estimate of drug-likeness (QED) is 0.0268. The number of nitrogens with zero attached hydrogens (tertiary/aromatic N) is 2. The molecule has 1 fully saturated rings. The largest absolute Gasteiger partial charge is 0.456 e. The Morgan fingerprint density at radius 1 is 1.00 bits per heavy atom. The highest BCUT2D eigenvalue weighted by Crippen LogP contribution is 2.46. The second kappa shape index (κ2) is 16.8. The molecule has 1 saturated heterocycles. The molecule has 0 aromatic heterocycles. The highest BCUT2D eigenvalue weighted by molar-refractivity contribution is 8.16. The van der Waals surface area contributed by atoms with Gasteiger partial charge < -0.3 is 18.6 Å². The predicted octanol–water partition coefficient (Wildman–Crippen LogP) is 8.07. The molecule has 12 nitrogen and oxygen atoms in total. The molecule has 3 rings (SSSR count). The summed E-state index contributed by atoms with van der Waals surface area (Å²) in [4.78, 5) is 65.7. The van der Waals surface area contributed by atoms with Gasteiger partial charge in [0.15, 0.2) is 19.1 Å². The predicted molar refractivity (Wildman–Crippen MR) is 200 cm³/mol. The number of thioether (sulfide) groups is 2. The Balaban J connectivity index is 2.17. The van der Waals surface area contributed by atoms with Crippen LogP contribution in [0.25, 0.3) is 0 Å². The van der Waals surface area contributed by atoms with Crippen molar-refractivity contribution >= 4 is 60.5 Å². The number of hydrogen-bond acceptors (Lipinski definition) is 12. The van der Waals surface area contributed by atoms with E-state index >= 15 is 0 Å². The second-order valence-corrected chi connectivity index (χ2v) is 21.7. The van der Waals surface area contributed by atoms with Crippen LogP contribution in [0.4, 0.5) is 5.69 Å². The van der Waals surface area contributed by atoms with Crippen LogP contribution < -0.4 is 9.47 Å². The number of amides is 1. The van der Waals surface area contributed by atoms with E-state index in [0.29, 0.717) is 23.1 Å². The van der Waals surface area contributed by atoms with Gasteiger partial charge in [-0.05, 0) is 72.4 Å². The Morgan fingerprint density at radius 3 is 2.10 bits per heavy atom. The summed E-state index contributed by atoms with van der Waals surface area (Å²) in [7, 11) is -2.30. The highest BCUT2D eigenvalue weighted by Gasteiger charge is 2.56. The molecule has 2 aromatic rings. The zero-order valence-corrected chi connectivity index (χ0v) is 33.7. The minimum absolute atomic E-state index is 0.112. The summed E-state index contributed by atoms with van der Waals surface area (Å²) >= 11 is 2.11. The summed E-state index contributed by atoms with van der Waals surface area (Å²) in [6.45, 7) is 20.5. The Bertz CT molecular complexity index is 1660. The number of esters is 2. The maximum absolute atomic E-state index is 14.3. The molecule has 15 heteroatoms. The molecule has 0 aliphatic carbocycles. The van der Waals surface area contributed by atoms with Crippen LogP contribution >= 0.6 is 23.5 Å². The first-order chi connectivity index (χ1) is 23.6. The van der Waals surface area contributed by atoms with Crippen LogP contribution in [0, 0.1) is 21.4 Å². The Kier molecular flexibility index (Phi) is 13.7. The number of benzene rings is 2. The van der Waals surface area contributed by atoms with Crippen LogP contribution in [0.1, 0.15) is 67.9 Å². The van der Waals surface area contributed by atoms with E-state index in [0.717, 1.165) is 0 Å². The van der Waals surface area contributed by atoms with Gasteiger partial charge in [0.25, 0.3) is 5.69 Å². The Morgan fingerprint density at radius 2 is 1.59 bits per heavy atom. The molecular weight excluding hydrogens is 713 g/mol. The standard InChI is InChI=1S/C36H48N2O10S2Si/c1-12-49-31-28(22(2)48-51(10,11)36(7,8)9)30(40)37(31)29(32(41)45-21-24-16-18-25(19-17-24)38(43)44)33(50-34(42)35(4,5)6)47-27-15-13-14-26(20-27)46-23(3)39/h13-20,22,28,31H,12,21H2,1-11H3/t22-,28+,31-/m1/s1. The van der Waals surface area contributed by atoms with Crippen molar-refractivity contribution in [3.63, 3.8) is 0 Å². The fraction of sp³-hybridized carbons (Fsp3) is 0.500. The zero-order chi connectivity index (χ0) is 38.5. The Hall–Kier alpha value is -3.66. The second-order valence-electron chi connectivity index (χ2n) is 14.6. The van der Waals surface area contributed by atoms with Crippen LogP contribution in [0.5, 0.6) is 11.5 Å². The third-order valence-corrected chi connectivity index (χ3v) is 15.4. The molecule has 0 spiro atoms. The average molecular weight is 761 g/mol. The summed E-state index contributed by atoms with van der Waals surface area (Å²) in [5.74, 6) is -1.60. The van der Waals surface area contributed by atoms with E-state index in [-0.39, 0.29) is 44.7 Å². The minimum Gasteiger partial charge on any atom is -0.456 e. The lowest BCUT2D eigenvalue weighted by atomic mass is 9.92. The molecule has 1 heterocycles. The topological polar surface area (TPSA) is 152 Å². The number of ether oxygens (including phenoxy) is 3. The smallest absolute Gasteiger partial charge is 0.359 e. The molecule has 0 radical (unpaired) electrons. The maximum Gasteiger partial charge on any atom is 0.359 e. The average Bonchev–Trinajstić information content (AvgIpc) is 3.00. The number of non-ortho nitro benzene ring substituents is 1. The van der Waals surface area contributed by atoms with Crippen molar-refractivity contribution in [1.82, 2.24) is 4.90 Å². The SMILES string of the molecule is CCS[C@@H]1[C@@H]([C@@H](C)O[Si](C)(C)C(C)(C)C)C(=O)N1C(C(=O)OCc1ccc([N+](=O)[O-])cc1)=C(Oc1cccc(OC(C)=O)c1)SC(=O)C(C)(C)C. The van der Waals surface area contributed by atoms with Crippen molar-refractivity contribution in [2.45, 2.75) is 98.5 Å². The minimum atomic E-state index is -2.30.